The topological polar surface area (TPSA) is 83.8 Å². The van der Waals surface area contributed by atoms with Crippen LogP contribution in [-0.4, -0.2) is 22.3 Å². The van der Waals surface area contributed by atoms with E-state index in [1.807, 2.05) is 18.2 Å². The van der Waals surface area contributed by atoms with Crippen LogP contribution in [0.2, 0.25) is 5.15 Å². The van der Waals surface area contributed by atoms with Crippen molar-refractivity contribution in [3.63, 3.8) is 0 Å². The molecule has 0 aliphatic heterocycles. The van der Waals surface area contributed by atoms with Gasteiger partial charge in [0.1, 0.15) is 23.1 Å². The van der Waals surface area contributed by atoms with Crippen molar-refractivity contribution in [2.24, 2.45) is 0 Å². The molecule has 120 valence electrons. The van der Waals surface area contributed by atoms with Crippen molar-refractivity contribution in [3.05, 3.63) is 46.2 Å². The van der Waals surface area contributed by atoms with Crippen LogP contribution in [0.1, 0.15) is 29.3 Å². The minimum atomic E-state index is -0.180. The molecule has 0 bridgehead atoms. The highest BCUT2D eigenvalue weighted by Crippen LogP contribution is 2.36. The zero-order valence-electron chi connectivity index (χ0n) is 12.8. The van der Waals surface area contributed by atoms with E-state index in [9.17, 15) is 0 Å². The SMILES string of the molecule is COc1n[nH]c2ccc(OC3CCc4cc(C#N)c(Cl)nc43)cc12. The Morgan fingerprint density at radius 1 is 1.38 bits per heavy atom. The molecule has 1 aliphatic carbocycles. The Bertz CT molecular complexity index is 977. The van der Waals surface area contributed by atoms with Crippen LogP contribution in [0.5, 0.6) is 11.6 Å². The Labute approximate surface area is 143 Å². The number of aryl methyl sites for hydroxylation is 1. The summed E-state index contributed by atoms with van der Waals surface area (Å²) in [4.78, 5) is 4.36. The number of methoxy groups -OCH3 is 1. The second-order valence-corrected chi connectivity index (χ2v) is 5.93. The smallest absolute Gasteiger partial charge is 0.240 e. The molecule has 0 fully saturated rings. The van der Waals surface area contributed by atoms with Crippen LogP contribution in [0.4, 0.5) is 0 Å². The van der Waals surface area contributed by atoms with Gasteiger partial charge < -0.3 is 9.47 Å². The number of halogens is 1. The number of H-pyrrole nitrogens is 1. The molecular weight excluding hydrogens is 328 g/mol. The Hall–Kier alpha value is -2.78. The van der Waals surface area contributed by atoms with Crippen molar-refractivity contribution in [3.8, 4) is 17.7 Å². The van der Waals surface area contributed by atoms with Gasteiger partial charge in [0.05, 0.1) is 29.3 Å². The molecule has 0 radical (unpaired) electrons. The van der Waals surface area contributed by atoms with Crippen LogP contribution in [0.3, 0.4) is 0 Å². The molecule has 24 heavy (non-hydrogen) atoms. The largest absolute Gasteiger partial charge is 0.484 e. The van der Waals surface area contributed by atoms with Crippen LogP contribution in [0, 0.1) is 11.3 Å². The number of fused-ring (bicyclic) bond motifs is 2. The number of hydrogen-bond acceptors (Lipinski definition) is 5. The minimum absolute atomic E-state index is 0.180. The molecule has 1 atom stereocenters. The first-order chi connectivity index (χ1) is 11.7. The Kier molecular flexibility index (Phi) is 3.51. The van der Waals surface area contributed by atoms with Crippen LogP contribution in [0.15, 0.2) is 24.3 Å². The number of rotatable bonds is 3. The zero-order valence-corrected chi connectivity index (χ0v) is 13.6. The third-order valence-electron chi connectivity index (χ3n) is 4.16. The van der Waals surface area contributed by atoms with E-state index < -0.39 is 0 Å². The third kappa shape index (κ3) is 2.34. The lowest BCUT2D eigenvalue weighted by Crippen LogP contribution is -2.06. The molecule has 3 aromatic rings. The van der Waals surface area contributed by atoms with Gasteiger partial charge in [0.2, 0.25) is 5.88 Å². The molecule has 6 nitrogen and oxygen atoms in total. The van der Waals surface area contributed by atoms with Gasteiger partial charge in [0.25, 0.3) is 0 Å². The van der Waals surface area contributed by atoms with Crippen molar-refractivity contribution in [1.29, 1.82) is 5.26 Å². The molecular formula is C17H13ClN4O2. The molecule has 2 aromatic heterocycles. The lowest BCUT2D eigenvalue weighted by atomic mass is 10.1. The number of aromatic amines is 1. The third-order valence-corrected chi connectivity index (χ3v) is 4.45. The number of nitriles is 1. The molecule has 2 heterocycles. The molecule has 0 saturated carbocycles. The molecule has 1 aliphatic rings. The van der Waals surface area contributed by atoms with E-state index >= 15 is 0 Å². The summed E-state index contributed by atoms with van der Waals surface area (Å²) in [5.74, 6) is 1.24. The van der Waals surface area contributed by atoms with E-state index in [0.29, 0.717) is 17.2 Å². The fourth-order valence-corrected chi connectivity index (χ4v) is 3.19. The summed E-state index contributed by atoms with van der Waals surface area (Å²) in [6.07, 6.45) is 1.44. The van der Waals surface area contributed by atoms with Crippen LogP contribution >= 0.6 is 11.6 Å². The second-order valence-electron chi connectivity index (χ2n) is 5.57. The quantitative estimate of drug-likeness (QED) is 0.737. The molecule has 1 aromatic carbocycles. The predicted octanol–water partition coefficient (Wildman–Crippen LogP) is 3.56. The maximum absolute atomic E-state index is 9.05. The van der Waals surface area contributed by atoms with Gasteiger partial charge >= 0.3 is 0 Å². The second kappa shape index (κ2) is 5.69. The number of hydrogen-bond donors (Lipinski definition) is 1. The van der Waals surface area contributed by atoms with Crippen molar-refractivity contribution >= 4 is 22.5 Å². The van der Waals surface area contributed by atoms with E-state index in [1.54, 1.807) is 13.2 Å². The Morgan fingerprint density at radius 2 is 2.25 bits per heavy atom. The summed E-state index contributed by atoms with van der Waals surface area (Å²) in [6.45, 7) is 0. The fourth-order valence-electron chi connectivity index (χ4n) is 3.00. The van der Waals surface area contributed by atoms with Gasteiger partial charge in [-0.2, -0.15) is 5.26 Å². The first kappa shape index (κ1) is 14.8. The molecule has 0 spiro atoms. The van der Waals surface area contributed by atoms with Gasteiger partial charge in [-0.3, -0.25) is 5.10 Å². The number of ether oxygens (including phenoxy) is 2. The predicted molar refractivity (Wildman–Crippen MR) is 88.3 cm³/mol. The molecule has 4 rings (SSSR count). The lowest BCUT2D eigenvalue weighted by molar-refractivity contribution is 0.203. The molecule has 7 heteroatoms. The van der Waals surface area contributed by atoms with Crippen LogP contribution in [0.25, 0.3) is 10.9 Å². The van der Waals surface area contributed by atoms with Crippen molar-refractivity contribution in [1.82, 2.24) is 15.2 Å². The van der Waals surface area contributed by atoms with Crippen LogP contribution < -0.4 is 9.47 Å². The summed E-state index contributed by atoms with van der Waals surface area (Å²) in [5, 5.41) is 17.1. The average Bonchev–Trinajstić information content (AvgIpc) is 3.18. The van der Waals surface area contributed by atoms with Gasteiger partial charge in [-0.1, -0.05) is 11.6 Å². The first-order valence-corrected chi connectivity index (χ1v) is 7.85. The maximum atomic E-state index is 9.05. The summed E-state index contributed by atoms with van der Waals surface area (Å²) < 4.78 is 11.3. The van der Waals surface area contributed by atoms with Gasteiger partial charge in [0.15, 0.2) is 0 Å². The highest BCUT2D eigenvalue weighted by Gasteiger charge is 2.27. The normalized spacial score (nSPS) is 16.0. The molecule has 1 unspecified atom stereocenters. The monoisotopic (exact) mass is 340 g/mol. The average molecular weight is 341 g/mol. The van der Waals surface area contributed by atoms with Gasteiger partial charge in [0, 0.05) is 0 Å². The molecule has 0 saturated heterocycles. The number of nitrogens with zero attached hydrogens (tertiary/aromatic N) is 3. The van der Waals surface area contributed by atoms with E-state index in [-0.39, 0.29) is 11.3 Å². The summed E-state index contributed by atoms with van der Waals surface area (Å²) in [7, 11) is 1.58. The maximum Gasteiger partial charge on any atom is 0.240 e. The van der Waals surface area contributed by atoms with E-state index in [4.69, 9.17) is 26.3 Å². The molecule has 1 N–H and O–H groups in total. The molecule has 0 amide bonds. The summed E-state index contributed by atoms with van der Waals surface area (Å²) in [5.41, 5.74) is 3.10. The number of benzene rings is 1. The standard InChI is InChI=1S/C17H13ClN4O2/c1-23-17-12-7-11(3-4-13(12)21-22-17)24-14-5-2-9-6-10(8-19)16(18)20-15(9)14/h3-4,6-7,14H,2,5H2,1H3,(H,21,22). The number of nitrogens with one attached hydrogen (secondary N) is 1. The zero-order chi connectivity index (χ0) is 16.7. The fraction of sp³-hybridized carbons (Fsp3) is 0.235. The van der Waals surface area contributed by atoms with Crippen LogP contribution in [-0.2, 0) is 6.42 Å². The van der Waals surface area contributed by atoms with E-state index in [0.717, 1.165) is 35.0 Å². The highest BCUT2D eigenvalue weighted by atomic mass is 35.5. The summed E-state index contributed by atoms with van der Waals surface area (Å²) >= 11 is 6.06. The number of aromatic nitrogens is 3. The van der Waals surface area contributed by atoms with Gasteiger partial charge in [-0.05, 0) is 42.7 Å². The summed E-state index contributed by atoms with van der Waals surface area (Å²) in [6, 6.07) is 9.53. The minimum Gasteiger partial charge on any atom is -0.484 e. The van der Waals surface area contributed by atoms with Crippen molar-refractivity contribution in [2.75, 3.05) is 7.11 Å². The lowest BCUT2D eigenvalue weighted by Gasteiger charge is -2.14. The number of pyridine rings is 1. The Balaban J connectivity index is 1.66. The Morgan fingerprint density at radius 3 is 3.04 bits per heavy atom. The first-order valence-electron chi connectivity index (χ1n) is 7.48. The van der Waals surface area contributed by atoms with Gasteiger partial charge in [-0.15, -0.1) is 5.10 Å². The highest BCUT2D eigenvalue weighted by molar-refractivity contribution is 6.30. The van der Waals surface area contributed by atoms with Crippen molar-refractivity contribution in [2.45, 2.75) is 18.9 Å². The van der Waals surface area contributed by atoms with Crippen molar-refractivity contribution < 1.29 is 9.47 Å². The van der Waals surface area contributed by atoms with E-state index in [2.05, 4.69) is 21.3 Å². The van der Waals surface area contributed by atoms with Gasteiger partial charge in [-0.25, -0.2) is 4.98 Å². The van der Waals surface area contributed by atoms with E-state index in [1.165, 1.54) is 0 Å².